The summed E-state index contributed by atoms with van der Waals surface area (Å²) >= 11 is 3.42. The van der Waals surface area contributed by atoms with Crippen LogP contribution in [0.2, 0.25) is 0 Å². The Morgan fingerprint density at radius 3 is 2.89 bits per heavy atom. The first kappa shape index (κ1) is 14.0. The number of nitrogens with zero attached hydrogens (tertiary/aromatic N) is 1. The topological polar surface area (TPSA) is 34.2 Å². The lowest BCUT2D eigenvalue weighted by molar-refractivity contribution is 0.460. The van der Waals surface area contributed by atoms with Gasteiger partial charge in [-0.25, -0.2) is 4.98 Å². The minimum Gasteiger partial charge on any atom is -0.439 e. The fourth-order valence-electron chi connectivity index (χ4n) is 1.83. The van der Waals surface area contributed by atoms with E-state index in [-0.39, 0.29) is 6.04 Å². The van der Waals surface area contributed by atoms with E-state index >= 15 is 0 Å². The Kier molecular flexibility index (Phi) is 4.93. The smallest absolute Gasteiger partial charge is 0.219 e. The number of rotatable bonds is 5. The van der Waals surface area contributed by atoms with Gasteiger partial charge in [-0.1, -0.05) is 28.9 Å². The zero-order valence-corrected chi connectivity index (χ0v) is 12.6. The molecule has 19 heavy (non-hydrogen) atoms. The molecule has 0 aliphatic carbocycles. The van der Waals surface area contributed by atoms with Gasteiger partial charge >= 0.3 is 0 Å². The first-order valence-electron chi connectivity index (χ1n) is 6.32. The first-order valence-corrected chi connectivity index (χ1v) is 7.11. The molecule has 0 aliphatic heterocycles. The number of hydrogen-bond acceptors (Lipinski definition) is 3. The average Bonchev–Trinajstić information content (AvgIpc) is 2.39. The molecule has 2 rings (SSSR count). The summed E-state index contributed by atoms with van der Waals surface area (Å²) < 4.78 is 6.75. The van der Waals surface area contributed by atoms with Gasteiger partial charge in [-0.15, -0.1) is 0 Å². The van der Waals surface area contributed by atoms with Crippen molar-refractivity contribution in [2.24, 2.45) is 0 Å². The zero-order valence-electron chi connectivity index (χ0n) is 11.1. The predicted molar refractivity (Wildman–Crippen MR) is 80.5 cm³/mol. The third-order valence-corrected chi connectivity index (χ3v) is 3.28. The Morgan fingerprint density at radius 2 is 2.16 bits per heavy atom. The van der Waals surface area contributed by atoms with Gasteiger partial charge in [-0.05, 0) is 43.3 Å². The van der Waals surface area contributed by atoms with Crippen LogP contribution < -0.4 is 10.1 Å². The van der Waals surface area contributed by atoms with Gasteiger partial charge in [0.25, 0.3) is 0 Å². The minimum atomic E-state index is 0.290. The van der Waals surface area contributed by atoms with Crippen LogP contribution in [0.25, 0.3) is 0 Å². The molecule has 1 unspecified atom stereocenters. The van der Waals surface area contributed by atoms with E-state index in [0.29, 0.717) is 5.88 Å². The minimum absolute atomic E-state index is 0.290. The molecule has 3 nitrogen and oxygen atoms in total. The molecule has 4 heteroatoms. The Bertz CT molecular complexity index is 545. The summed E-state index contributed by atoms with van der Waals surface area (Å²) in [4.78, 5) is 4.24. The normalized spacial score (nSPS) is 12.2. The fraction of sp³-hybridized carbons (Fsp3) is 0.267. The Labute approximate surface area is 122 Å². The summed E-state index contributed by atoms with van der Waals surface area (Å²) in [5, 5.41) is 3.37. The van der Waals surface area contributed by atoms with Gasteiger partial charge in [0, 0.05) is 22.8 Å². The van der Waals surface area contributed by atoms with E-state index in [4.69, 9.17) is 4.74 Å². The molecule has 0 amide bonds. The van der Waals surface area contributed by atoms with Gasteiger partial charge < -0.3 is 10.1 Å². The number of hydrogen-bond donors (Lipinski definition) is 1. The van der Waals surface area contributed by atoms with Gasteiger partial charge in [-0.2, -0.15) is 0 Å². The number of ether oxygens (including phenoxy) is 1. The van der Waals surface area contributed by atoms with E-state index in [1.54, 1.807) is 6.20 Å². The van der Waals surface area contributed by atoms with E-state index in [2.05, 4.69) is 40.1 Å². The molecule has 0 bridgehead atoms. The third-order valence-electron chi connectivity index (χ3n) is 2.79. The summed E-state index contributed by atoms with van der Waals surface area (Å²) in [6.45, 7) is 5.16. The van der Waals surface area contributed by atoms with Crippen molar-refractivity contribution in [3.05, 3.63) is 52.6 Å². The summed E-state index contributed by atoms with van der Waals surface area (Å²) in [6.07, 6.45) is 1.77. The van der Waals surface area contributed by atoms with Crippen molar-refractivity contribution in [2.75, 3.05) is 6.54 Å². The molecule has 1 aromatic heterocycles. The molecule has 1 aromatic carbocycles. The molecule has 1 heterocycles. The van der Waals surface area contributed by atoms with Crippen LogP contribution in [-0.2, 0) is 0 Å². The summed E-state index contributed by atoms with van der Waals surface area (Å²) in [6, 6.07) is 12.0. The molecule has 0 saturated heterocycles. The third kappa shape index (κ3) is 4.04. The maximum Gasteiger partial charge on any atom is 0.219 e. The van der Waals surface area contributed by atoms with E-state index in [9.17, 15) is 0 Å². The van der Waals surface area contributed by atoms with E-state index in [0.717, 1.165) is 16.8 Å². The van der Waals surface area contributed by atoms with Crippen molar-refractivity contribution in [1.29, 1.82) is 0 Å². The molecule has 0 radical (unpaired) electrons. The van der Waals surface area contributed by atoms with Gasteiger partial charge in [0.2, 0.25) is 5.88 Å². The maximum absolute atomic E-state index is 5.76. The van der Waals surface area contributed by atoms with Gasteiger partial charge in [0.15, 0.2) is 0 Å². The second-order valence-corrected chi connectivity index (χ2v) is 5.18. The lowest BCUT2D eigenvalue weighted by Crippen LogP contribution is -2.17. The largest absolute Gasteiger partial charge is 0.439 e. The molecule has 0 fully saturated rings. The Hall–Kier alpha value is -1.39. The van der Waals surface area contributed by atoms with E-state index in [1.807, 2.05) is 36.4 Å². The number of halogens is 1. The SMILES string of the molecule is CCNC(C)c1ccnc(Oc2cccc(Br)c2)c1. The standard InChI is InChI=1S/C15H17BrN2O/c1-3-17-11(2)12-7-8-18-15(9-12)19-14-6-4-5-13(16)10-14/h4-11,17H,3H2,1-2H3. The second-order valence-electron chi connectivity index (χ2n) is 4.27. The molecular weight excluding hydrogens is 304 g/mol. The predicted octanol–water partition coefficient (Wildman–Crippen LogP) is 4.31. The van der Waals surface area contributed by atoms with Crippen molar-refractivity contribution in [3.8, 4) is 11.6 Å². The van der Waals surface area contributed by atoms with Crippen molar-refractivity contribution < 1.29 is 4.74 Å². The zero-order chi connectivity index (χ0) is 13.7. The molecule has 2 aromatic rings. The molecule has 0 aliphatic rings. The van der Waals surface area contributed by atoms with Gasteiger partial charge in [0.1, 0.15) is 5.75 Å². The second kappa shape index (κ2) is 6.68. The van der Waals surface area contributed by atoms with Crippen molar-refractivity contribution >= 4 is 15.9 Å². The first-order chi connectivity index (χ1) is 9.19. The molecule has 100 valence electrons. The Morgan fingerprint density at radius 1 is 1.32 bits per heavy atom. The molecule has 1 N–H and O–H groups in total. The highest BCUT2D eigenvalue weighted by Crippen LogP contribution is 2.24. The number of pyridine rings is 1. The average molecular weight is 321 g/mol. The molecule has 1 atom stereocenters. The monoisotopic (exact) mass is 320 g/mol. The molecule has 0 saturated carbocycles. The summed E-state index contributed by atoms with van der Waals surface area (Å²) in [7, 11) is 0. The van der Waals surface area contributed by atoms with Crippen LogP contribution in [0.1, 0.15) is 25.5 Å². The molecular formula is C15H17BrN2O. The highest BCUT2D eigenvalue weighted by Gasteiger charge is 2.06. The maximum atomic E-state index is 5.76. The quantitative estimate of drug-likeness (QED) is 0.891. The highest BCUT2D eigenvalue weighted by atomic mass is 79.9. The van der Waals surface area contributed by atoms with Crippen LogP contribution in [-0.4, -0.2) is 11.5 Å². The van der Waals surface area contributed by atoms with Crippen LogP contribution in [0.4, 0.5) is 0 Å². The summed E-state index contributed by atoms with van der Waals surface area (Å²) in [5.74, 6) is 1.38. The summed E-state index contributed by atoms with van der Waals surface area (Å²) in [5.41, 5.74) is 1.17. The lowest BCUT2D eigenvalue weighted by Gasteiger charge is -2.13. The number of aromatic nitrogens is 1. The van der Waals surface area contributed by atoms with Gasteiger partial charge in [-0.3, -0.25) is 0 Å². The van der Waals surface area contributed by atoms with Crippen LogP contribution >= 0.6 is 15.9 Å². The van der Waals surface area contributed by atoms with Crippen molar-refractivity contribution in [1.82, 2.24) is 10.3 Å². The van der Waals surface area contributed by atoms with Crippen LogP contribution in [0.3, 0.4) is 0 Å². The van der Waals surface area contributed by atoms with E-state index in [1.165, 1.54) is 5.56 Å². The fourth-order valence-corrected chi connectivity index (χ4v) is 2.20. The van der Waals surface area contributed by atoms with Crippen LogP contribution in [0, 0.1) is 0 Å². The number of nitrogens with one attached hydrogen (secondary N) is 1. The van der Waals surface area contributed by atoms with Crippen LogP contribution in [0.5, 0.6) is 11.6 Å². The Balaban J connectivity index is 2.15. The van der Waals surface area contributed by atoms with E-state index < -0.39 is 0 Å². The number of benzene rings is 1. The van der Waals surface area contributed by atoms with Gasteiger partial charge in [0.05, 0.1) is 0 Å². The molecule has 0 spiro atoms. The lowest BCUT2D eigenvalue weighted by atomic mass is 10.1. The van der Waals surface area contributed by atoms with Crippen molar-refractivity contribution in [2.45, 2.75) is 19.9 Å². The van der Waals surface area contributed by atoms with Crippen LogP contribution in [0.15, 0.2) is 47.1 Å². The highest BCUT2D eigenvalue weighted by molar-refractivity contribution is 9.10. The van der Waals surface area contributed by atoms with Crippen molar-refractivity contribution in [3.63, 3.8) is 0 Å².